The molecule has 9 heteroatoms. The van der Waals surface area contributed by atoms with E-state index < -0.39 is 11.4 Å². The summed E-state index contributed by atoms with van der Waals surface area (Å²) in [6.07, 6.45) is 7.81. The summed E-state index contributed by atoms with van der Waals surface area (Å²) in [5.41, 5.74) is 0.873. The van der Waals surface area contributed by atoms with Crippen LogP contribution in [0.3, 0.4) is 0 Å². The number of benzene rings is 1. The Kier molecular flexibility index (Phi) is 6.22. The average molecular weight is 453 g/mol. The minimum absolute atomic E-state index is 0.0186. The van der Waals surface area contributed by atoms with Gasteiger partial charge in [0.15, 0.2) is 11.4 Å². The molecule has 3 heterocycles. The normalized spacial score (nSPS) is 25.2. The third-order valence-electron chi connectivity index (χ3n) is 6.82. The number of amides is 1. The first-order valence-corrected chi connectivity index (χ1v) is 11.7. The molecule has 2 fully saturated rings. The highest BCUT2D eigenvalue weighted by Gasteiger charge is 2.51. The van der Waals surface area contributed by atoms with Gasteiger partial charge < -0.3 is 20.4 Å². The van der Waals surface area contributed by atoms with Crippen LogP contribution in [-0.2, 0) is 16.2 Å². The molecule has 1 aliphatic carbocycles. The van der Waals surface area contributed by atoms with Crippen LogP contribution in [0.2, 0.25) is 0 Å². The zero-order valence-electron chi connectivity index (χ0n) is 18.5. The Bertz CT molecular complexity index is 996. The fraction of sp³-hybridized carbons (Fsp3) is 0.500. The molecule has 0 radical (unpaired) electrons. The van der Waals surface area contributed by atoms with Crippen LogP contribution in [0, 0.1) is 5.82 Å². The molecule has 1 amide bonds. The molecule has 1 saturated heterocycles. The smallest absolute Gasteiger partial charge is 0.269 e. The number of nitrogens with zero attached hydrogens (tertiary/aromatic N) is 4. The quantitative estimate of drug-likeness (QED) is 0.700. The van der Waals surface area contributed by atoms with Crippen LogP contribution in [0.5, 0.6) is 0 Å². The molecule has 2 atom stereocenters. The number of piperidine rings is 1. The van der Waals surface area contributed by atoms with E-state index in [1.54, 1.807) is 0 Å². The molecule has 0 unspecified atom stereocenters. The maximum atomic E-state index is 13.3. The SMILES string of the molecule is O=C(NC1CCCC1)C1=NO[C@]2(C1)CN(c1ncc(F)cn1)CC[C@@H]2NCc1ccccc1. The maximum Gasteiger partial charge on any atom is 0.269 e. The van der Waals surface area contributed by atoms with Crippen LogP contribution in [0.15, 0.2) is 47.9 Å². The average Bonchev–Trinajstić information content (AvgIpc) is 3.50. The van der Waals surface area contributed by atoms with E-state index >= 15 is 0 Å². The predicted molar refractivity (Wildman–Crippen MR) is 122 cm³/mol. The van der Waals surface area contributed by atoms with Gasteiger partial charge in [-0.2, -0.15) is 0 Å². The van der Waals surface area contributed by atoms with E-state index in [4.69, 9.17) is 4.84 Å². The van der Waals surface area contributed by atoms with Gasteiger partial charge in [-0.1, -0.05) is 48.3 Å². The van der Waals surface area contributed by atoms with E-state index in [-0.39, 0.29) is 18.0 Å². The number of aromatic nitrogens is 2. The lowest BCUT2D eigenvalue weighted by Crippen LogP contribution is -2.62. The van der Waals surface area contributed by atoms with Crippen LogP contribution in [0.25, 0.3) is 0 Å². The van der Waals surface area contributed by atoms with Gasteiger partial charge in [-0.05, 0) is 24.8 Å². The van der Waals surface area contributed by atoms with E-state index in [0.29, 0.717) is 37.7 Å². The predicted octanol–water partition coefficient (Wildman–Crippen LogP) is 2.56. The van der Waals surface area contributed by atoms with E-state index in [1.807, 2.05) is 23.1 Å². The lowest BCUT2D eigenvalue weighted by Gasteiger charge is -2.44. The van der Waals surface area contributed by atoms with Gasteiger partial charge in [-0.25, -0.2) is 14.4 Å². The van der Waals surface area contributed by atoms with E-state index in [1.165, 1.54) is 18.0 Å². The van der Waals surface area contributed by atoms with Crippen LogP contribution in [0.4, 0.5) is 10.3 Å². The standard InChI is InChI=1S/C24H29FN6O2/c25-18-14-27-23(28-15-18)31-11-10-21(26-13-17-6-2-1-3-7-17)24(16-31)12-20(30-33-24)22(32)29-19-8-4-5-9-19/h1-3,6-7,14-15,19,21,26H,4-5,8-13,16H2,(H,29,32)/t21-,24+/m0/s1. The summed E-state index contributed by atoms with van der Waals surface area (Å²) in [6, 6.07) is 10.4. The molecule has 1 spiro atoms. The number of nitrogens with one attached hydrogen (secondary N) is 2. The summed E-state index contributed by atoms with van der Waals surface area (Å²) < 4.78 is 13.3. The highest BCUT2D eigenvalue weighted by molar-refractivity contribution is 6.39. The first kappa shape index (κ1) is 21.8. The zero-order chi connectivity index (χ0) is 22.7. The molecule has 1 saturated carbocycles. The summed E-state index contributed by atoms with van der Waals surface area (Å²) >= 11 is 0. The van der Waals surface area contributed by atoms with Gasteiger partial charge >= 0.3 is 0 Å². The van der Waals surface area contributed by atoms with Crippen LogP contribution in [-0.4, -0.2) is 52.4 Å². The fourth-order valence-corrected chi connectivity index (χ4v) is 5.05. The van der Waals surface area contributed by atoms with Gasteiger partial charge in [0.25, 0.3) is 5.91 Å². The van der Waals surface area contributed by atoms with Crippen LogP contribution < -0.4 is 15.5 Å². The number of oxime groups is 1. The molecule has 1 aromatic carbocycles. The van der Waals surface area contributed by atoms with Crippen molar-refractivity contribution in [2.45, 2.75) is 62.8 Å². The van der Waals surface area contributed by atoms with Gasteiger partial charge in [0.05, 0.1) is 25.0 Å². The van der Waals surface area contributed by atoms with Crippen molar-refractivity contribution in [2.75, 3.05) is 18.0 Å². The molecule has 174 valence electrons. The Morgan fingerprint density at radius 1 is 1.15 bits per heavy atom. The Morgan fingerprint density at radius 3 is 2.67 bits per heavy atom. The highest BCUT2D eigenvalue weighted by Crippen LogP contribution is 2.35. The first-order valence-electron chi connectivity index (χ1n) is 11.7. The third-order valence-corrected chi connectivity index (χ3v) is 6.82. The number of rotatable bonds is 6. The fourth-order valence-electron chi connectivity index (χ4n) is 5.05. The monoisotopic (exact) mass is 452 g/mol. The third kappa shape index (κ3) is 4.83. The number of halogens is 1. The van der Waals surface area contributed by atoms with Crippen molar-refractivity contribution in [1.82, 2.24) is 20.6 Å². The number of carbonyl (C=O) groups excluding carboxylic acids is 1. The van der Waals surface area contributed by atoms with E-state index in [2.05, 4.69) is 37.9 Å². The molecule has 2 aromatic rings. The van der Waals surface area contributed by atoms with Crippen LogP contribution in [0.1, 0.15) is 44.1 Å². The topological polar surface area (TPSA) is 91.7 Å². The summed E-state index contributed by atoms with van der Waals surface area (Å²) in [5.74, 6) is -0.167. The Morgan fingerprint density at radius 2 is 1.91 bits per heavy atom. The minimum atomic E-state index is -0.729. The molecule has 8 nitrogen and oxygen atoms in total. The van der Waals surface area contributed by atoms with Crippen molar-refractivity contribution >= 4 is 17.6 Å². The summed E-state index contributed by atoms with van der Waals surface area (Å²) in [4.78, 5) is 29.2. The molecular formula is C24H29FN6O2. The second-order valence-electron chi connectivity index (χ2n) is 9.16. The molecule has 2 N–H and O–H groups in total. The first-order chi connectivity index (χ1) is 16.1. The molecule has 0 bridgehead atoms. The van der Waals surface area contributed by atoms with Gasteiger partial charge in [0, 0.05) is 25.6 Å². The van der Waals surface area contributed by atoms with Crippen molar-refractivity contribution < 1.29 is 14.0 Å². The number of anilines is 1. The molecule has 33 heavy (non-hydrogen) atoms. The Labute approximate surface area is 192 Å². The Balaban J connectivity index is 1.32. The highest BCUT2D eigenvalue weighted by atomic mass is 19.1. The lowest BCUT2D eigenvalue weighted by molar-refractivity contribution is -0.115. The van der Waals surface area contributed by atoms with Gasteiger partial charge in [0.1, 0.15) is 5.71 Å². The Hall–Kier alpha value is -3.07. The van der Waals surface area contributed by atoms with E-state index in [0.717, 1.165) is 32.1 Å². The second kappa shape index (κ2) is 9.43. The van der Waals surface area contributed by atoms with Crippen molar-refractivity contribution in [1.29, 1.82) is 0 Å². The second-order valence-corrected chi connectivity index (χ2v) is 9.16. The zero-order valence-corrected chi connectivity index (χ0v) is 18.5. The van der Waals surface area contributed by atoms with Gasteiger partial charge in [-0.3, -0.25) is 4.79 Å². The molecule has 2 aliphatic heterocycles. The molecule has 5 rings (SSSR count). The van der Waals surface area contributed by atoms with Crippen molar-refractivity contribution in [2.24, 2.45) is 5.16 Å². The number of hydrogen-bond acceptors (Lipinski definition) is 7. The van der Waals surface area contributed by atoms with Crippen molar-refractivity contribution in [3.05, 3.63) is 54.1 Å². The van der Waals surface area contributed by atoms with Crippen LogP contribution >= 0.6 is 0 Å². The summed E-state index contributed by atoms with van der Waals surface area (Å²) in [5, 5.41) is 11.0. The van der Waals surface area contributed by atoms with Gasteiger partial charge in [-0.15, -0.1) is 0 Å². The van der Waals surface area contributed by atoms with E-state index in [9.17, 15) is 9.18 Å². The maximum absolute atomic E-state index is 13.3. The number of hydrogen-bond donors (Lipinski definition) is 2. The molecule has 1 aromatic heterocycles. The minimum Gasteiger partial charge on any atom is -0.385 e. The largest absolute Gasteiger partial charge is 0.385 e. The number of carbonyl (C=O) groups is 1. The summed E-state index contributed by atoms with van der Waals surface area (Å²) in [6.45, 7) is 1.83. The molecule has 3 aliphatic rings. The van der Waals surface area contributed by atoms with Crippen molar-refractivity contribution in [3.8, 4) is 0 Å². The summed E-state index contributed by atoms with van der Waals surface area (Å²) in [7, 11) is 0. The van der Waals surface area contributed by atoms with Crippen molar-refractivity contribution in [3.63, 3.8) is 0 Å². The molecular weight excluding hydrogens is 423 g/mol. The van der Waals surface area contributed by atoms with Gasteiger partial charge in [0.2, 0.25) is 5.95 Å². The lowest BCUT2D eigenvalue weighted by atomic mass is 9.83.